The van der Waals surface area contributed by atoms with E-state index in [0.29, 0.717) is 11.4 Å². The fourth-order valence-electron chi connectivity index (χ4n) is 3.96. The number of carbonyl (C=O) groups is 1. The Morgan fingerprint density at radius 2 is 2.00 bits per heavy atom. The first-order valence-electron chi connectivity index (χ1n) is 8.48. The Morgan fingerprint density at radius 3 is 2.88 bits per heavy atom. The van der Waals surface area contributed by atoms with Crippen molar-refractivity contribution in [3.05, 3.63) is 70.4 Å². The fraction of sp³-hybridized carbons (Fsp3) is 0.200. The second kappa shape index (κ2) is 5.46. The van der Waals surface area contributed by atoms with E-state index in [-0.39, 0.29) is 11.8 Å². The van der Waals surface area contributed by atoms with Gasteiger partial charge in [0.15, 0.2) is 5.78 Å². The van der Waals surface area contributed by atoms with E-state index < -0.39 is 0 Å². The maximum atomic E-state index is 12.8. The van der Waals surface area contributed by atoms with E-state index in [4.69, 9.17) is 16.6 Å². The van der Waals surface area contributed by atoms with Crippen LogP contribution in [-0.4, -0.2) is 15.3 Å². The third-order valence-corrected chi connectivity index (χ3v) is 5.25. The van der Waals surface area contributed by atoms with E-state index in [1.807, 2.05) is 48.5 Å². The molecule has 0 saturated heterocycles. The molecule has 0 amide bonds. The molecule has 1 atom stereocenters. The second-order valence-electron chi connectivity index (χ2n) is 6.55. The van der Waals surface area contributed by atoms with Gasteiger partial charge in [-0.25, -0.2) is 4.98 Å². The number of benzene rings is 2. The summed E-state index contributed by atoms with van der Waals surface area (Å²) >= 11 is 6.25. The SMILES string of the molecule is O=C1CCCC2=C1C(c1cccc(Cl)c1)n1c(nc3ccccc31)N2. The van der Waals surface area contributed by atoms with Gasteiger partial charge in [0.2, 0.25) is 5.95 Å². The Hall–Kier alpha value is -2.59. The number of ketones is 1. The van der Waals surface area contributed by atoms with Crippen molar-refractivity contribution in [2.45, 2.75) is 25.3 Å². The third kappa shape index (κ3) is 2.21. The summed E-state index contributed by atoms with van der Waals surface area (Å²) < 4.78 is 2.13. The number of fused-ring (bicyclic) bond motifs is 3. The average Bonchev–Trinajstić information content (AvgIpc) is 2.98. The smallest absolute Gasteiger partial charge is 0.209 e. The first-order chi connectivity index (χ1) is 12.2. The molecule has 5 rings (SSSR count). The molecular weight excluding hydrogens is 334 g/mol. The molecular formula is C20H16ClN3O. The highest BCUT2D eigenvalue weighted by atomic mass is 35.5. The molecule has 0 radical (unpaired) electrons. The number of allylic oxidation sites excluding steroid dienone is 2. The minimum atomic E-state index is -0.190. The van der Waals surface area contributed by atoms with Crippen LogP contribution in [0.2, 0.25) is 5.02 Å². The zero-order valence-electron chi connectivity index (χ0n) is 13.5. The Kier molecular flexibility index (Phi) is 3.22. The maximum Gasteiger partial charge on any atom is 0.209 e. The van der Waals surface area contributed by atoms with Gasteiger partial charge in [-0.15, -0.1) is 0 Å². The lowest BCUT2D eigenvalue weighted by atomic mass is 9.85. The summed E-state index contributed by atoms with van der Waals surface area (Å²) in [5, 5.41) is 4.08. The van der Waals surface area contributed by atoms with Crippen molar-refractivity contribution in [1.29, 1.82) is 0 Å². The summed E-state index contributed by atoms with van der Waals surface area (Å²) in [6.07, 6.45) is 2.36. The van der Waals surface area contributed by atoms with Crippen molar-refractivity contribution in [1.82, 2.24) is 9.55 Å². The number of Topliss-reactive ketones (excluding diaryl/α,β-unsaturated/α-hetero) is 1. The highest BCUT2D eigenvalue weighted by molar-refractivity contribution is 6.30. The van der Waals surface area contributed by atoms with Crippen LogP contribution in [-0.2, 0) is 4.79 Å². The number of halogens is 1. The number of aromatic nitrogens is 2. The van der Waals surface area contributed by atoms with Gasteiger partial charge in [-0.05, 0) is 42.7 Å². The lowest BCUT2D eigenvalue weighted by Crippen LogP contribution is -2.30. The molecule has 5 heteroatoms. The molecule has 2 heterocycles. The van der Waals surface area contributed by atoms with Crippen LogP contribution in [0.4, 0.5) is 5.95 Å². The molecule has 124 valence electrons. The summed E-state index contributed by atoms with van der Waals surface area (Å²) in [5.41, 5.74) is 4.80. The van der Waals surface area contributed by atoms with E-state index in [0.717, 1.165) is 46.7 Å². The van der Waals surface area contributed by atoms with Crippen molar-refractivity contribution >= 4 is 34.4 Å². The summed E-state index contributed by atoms with van der Waals surface area (Å²) in [6, 6.07) is 15.6. The standard InChI is InChI=1S/C20H16ClN3O/c21-13-6-3-5-12(11-13)19-18-15(8-4-10-17(18)25)23-20-22-14-7-1-2-9-16(14)24(19)20/h1-3,5-7,9,11,19H,4,8,10H2,(H,22,23). The van der Waals surface area contributed by atoms with E-state index >= 15 is 0 Å². The van der Waals surface area contributed by atoms with Crippen LogP contribution >= 0.6 is 11.6 Å². The molecule has 1 aromatic heterocycles. The van der Waals surface area contributed by atoms with E-state index in [2.05, 4.69) is 9.88 Å². The maximum absolute atomic E-state index is 12.8. The van der Waals surface area contributed by atoms with Gasteiger partial charge in [0.25, 0.3) is 0 Å². The van der Waals surface area contributed by atoms with Crippen molar-refractivity contribution < 1.29 is 4.79 Å². The first-order valence-corrected chi connectivity index (χ1v) is 8.86. The van der Waals surface area contributed by atoms with Crippen LogP contribution in [0.5, 0.6) is 0 Å². The Bertz CT molecular complexity index is 1050. The van der Waals surface area contributed by atoms with Crippen LogP contribution in [0.3, 0.4) is 0 Å². The van der Waals surface area contributed by atoms with Gasteiger partial charge in [0.05, 0.1) is 17.1 Å². The number of rotatable bonds is 1. The largest absolute Gasteiger partial charge is 0.329 e. The monoisotopic (exact) mass is 349 g/mol. The molecule has 2 aliphatic rings. The lowest BCUT2D eigenvalue weighted by Gasteiger charge is -2.34. The van der Waals surface area contributed by atoms with Crippen LogP contribution in [0.1, 0.15) is 30.9 Å². The molecule has 0 saturated carbocycles. The molecule has 0 bridgehead atoms. The predicted molar refractivity (Wildman–Crippen MR) is 98.8 cm³/mol. The normalized spacial score (nSPS) is 19.6. The second-order valence-corrected chi connectivity index (χ2v) is 6.98. The van der Waals surface area contributed by atoms with Crippen molar-refractivity contribution in [3.8, 4) is 0 Å². The molecule has 1 aliphatic heterocycles. The molecule has 4 nitrogen and oxygen atoms in total. The van der Waals surface area contributed by atoms with E-state index in [1.54, 1.807) is 0 Å². The van der Waals surface area contributed by atoms with E-state index in [9.17, 15) is 4.79 Å². The van der Waals surface area contributed by atoms with Crippen LogP contribution in [0, 0.1) is 0 Å². The number of nitrogens with one attached hydrogen (secondary N) is 1. The Morgan fingerprint density at radius 1 is 1.12 bits per heavy atom. The average molecular weight is 350 g/mol. The van der Waals surface area contributed by atoms with Crippen molar-refractivity contribution in [2.24, 2.45) is 0 Å². The molecule has 1 N–H and O–H groups in total. The molecule has 25 heavy (non-hydrogen) atoms. The van der Waals surface area contributed by atoms with Gasteiger partial charge in [-0.3, -0.25) is 9.36 Å². The number of carbonyl (C=O) groups excluding carboxylic acids is 1. The third-order valence-electron chi connectivity index (χ3n) is 5.01. The number of anilines is 1. The summed E-state index contributed by atoms with van der Waals surface area (Å²) in [4.78, 5) is 17.5. The number of hydrogen-bond acceptors (Lipinski definition) is 3. The molecule has 0 fully saturated rings. The van der Waals surface area contributed by atoms with Crippen molar-refractivity contribution in [3.63, 3.8) is 0 Å². The summed E-state index contributed by atoms with van der Waals surface area (Å²) in [7, 11) is 0. The topological polar surface area (TPSA) is 46.9 Å². The van der Waals surface area contributed by atoms with Crippen molar-refractivity contribution in [2.75, 3.05) is 5.32 Å². The zero-order valence-corrected chi connectivity index (χ0v) is 14.3. The minimum absolute atomic E-state index is 0.190. The Labute approximate surface area is 150 Å². The van der Waals surface area contributed by atoms with Gasteiger partial charge in [-0.1, -0.05) is 35.9 Å². The highest BCUT2D eigenvalue weighted by Gasteiger charge is 2.36. The Balaban J connectivity index is 1.82. The van der Waals surface area contributed by atoms with Crippen LogP contribution in [0.15, 0.2) is 59.8 Å². The highest BCUT2D eigenvalue weighted by Crippen LogP contribution is 2.43. The zero-order chi connectivity index (χ0) is 17.0. The molecule has 1 unspecified atom stereocenters. The quantitative estimate of drug-likeness (QED) is 0.692. The number of hydrogen-bond donors (Lipinski definition) is 1. The molecule has 3 aromatic rings. The fourth-order valence-corrected chi connectivity index (χ4v) is 4.16. The minimum Gasteiger partial charge on any atom is -0.329 e. The molecule has 1 aliphatic carbocycles. The number of nitrogens with zero attached hydrogens (tertiary/aromatic N) is 2. The number of imidazole rings is 1. The molecule has 2 aromatic carbocycles. The molecule has 0 spiro atoms. The summed E-state index contributed by atoms with van der Waals surface area (Å²) in [6.45, 7) is 0. The summed E-state index contributed by atoms with van der Waals surface area (Å²) in [5.74, 6) is 1.00. The first kappa shape index (κ1) is 14.7. The predicted octanol–water partition coefficient (Wildman–Crippen LogP) is 4.71. The van der Waals surface area contributed by atoms with Gasteiger partial charge in [0.1, 0.15) is 0 Å². The van der Waals surface area contributed by atoms with Gasteiger partial charge in [0, 0.05) is 22.7 Å². The lowest BCUT2D eigenvalue weighted by molar-refractivity contribution is -0.116. The number of para-hydroxylation sites is 2. The van der Waals surface area contributed by atoms with Crippen LogP contribution < -0.4 is 5.32 Å². The van der Waals surface area contributed by atoms with E-state index in [1.165, 1.54) is 0 Å². The van der Waals surface area contributed by atoms with Crippen LogP contribution in [0.25, 0.3) is 11.0 Å². The van der Waals surface area contributed by atoms with Gasteiger partial charge in [-0.2, -0.15) is 0 Å². The van der Waals surface area contributed by atoms with Gasteiger partial charge >= 0.3 is 0 Å². The van der Waals surface area contributed by atoms with Gasteiger partial charge < -0.3 is 5.32 Å².